The van der Waals surface area contributed by atoms with Crippen molar-refractivity contribution >= 4 is 39.0 Å². The Morgan fingerprint density at radius 2 is 1.96 bits per heavy atom. The molecule has 55 heavy (non-hydrogen) atoms. The molecule has 12 nitrogen and oxygen atoms in total. The summed E-state index contributed by atoms with van der Waals surface area (Å²) in [6, 6.07) is 11.9. The molecule has 2 fully saturated rings. The van der Waals surface area contributed by atoms with Gasteiger partial charge in [-0.3, -0.25) is 23.9 Å². The third-order valence-corrected chi connectivity index (χ3v) is 14.6. The highest BCUT2D eigenvalue weighted by molar-refractivity contribution is 7.92. The maximum absolute atomic E-state index is 14.7. The summed E-state index contributed by atoms with van der Waals surface area (Å²) in [6.07, 6.45) is 12.1. The summed E-state index contributed by atoms with van der Waals surface area (Å²) >= 11 is 6.50. The van der Waals surface area contributed by atoms with E-state index in [1.54, 1.807) is 20.2 Å². The quantitative estimate of drug-likeness (QED) is 0.318. The lowest BCUT2D eigenvalue weighted by molar-refractivity contribution is -0.0675. The van der Waals surface area contributed by atoms with Crippen molar-refractivity contribution in [1.82, 2.24) is 19.4 Å². The number of aryl methyl sites for hydroxylation is 2. The summed E-state index contributed by atoms with van der Waals surface area (Å²) in [7, 11) is 1.25. The molecule has 3 aliphatic heterocycles. The fraction of sp³-hybridized carbons (Fsp3) is 0.537. The van der Waals surface area contributed by atoms with Gasteiger partial charge in [0.1, 0.15) is 21.2 Å². The van der Waals surface area contributed by atoms with E-state index in [4.69, 9.17) is 25.8 Å². The Kier molecular flexibility index (Phi) is 10.5. The van der Waals surface area contributed by atoms with Crippen molar-refractivity contribution in [3.05, 3.63) is 82.0 Å². The highest BCUT2D eigenvalue weighted by Crippen LogP contribution is 2.47. The number of hydrogen-bond donors (Lipinski definition) is 1. The molecule has 3 aromatic rings. The van der Waals surface area contributed by atoms with Gasteiger partial charge in [0.2, 0.25) is 5.88 Å². The molecule has 8 rings (SSSR count). The first-order valence-corrected chi connectivity index (χ1v) is 21.5. The van der Waals surface area contributed by atoms with E-state index >= 15 is 0 Å². The van der Waals surface area contributed by atoms with E-state index in [1.165, 1.54) is 29.1 Å². The standard InChI is InChI=1S/C41H51ClN6O6S/c1-26-7-5-9-35(47-20-31(21-47)52-3)32-13-10-29(32)19-48-24-41(16-6-8-27-17-30(42)12-14-34(27)41)25-54-37-15-11-28(18-36(37)48)38(49)44-55(51,23-26)45-39(50)33-22-46(2)43-40(33)53-4/h5,9,11-12,14-15,17-18,22,26,29,31-32,35H,6-8,10,13,16,19-21,23-25H2,1-4H3,(H,44,45,49,50,51)/b9-5+/t26-,29-,32+,35-,41-,55?/m0/s1. The Morgan fingerprint density at radius 1 is 1.13 bits per heavy atom. The summed E-state index contributed by atoms with van der Waals surface area (Å²) in [5, 5.41) is 4.92. The number of carbonyl (C=O) groups is 2. The minimum atomic E-state index is -3.60. The molecule has 1 unspecified atom stereocenters. The van der Waals surface area contributed by atoms with E-state index < -0.39 is 21.7 Å². The third kappa shape index (κ3) is 7.52. The molecular formula is C41H51ClN6O6S. The van der Waals surface area contributed by atoms with Crippen LogP contribution in [0.3, 0.4) is 0 Å². The normalized spacial score (nSPS) is 30.4. The van der Waals surface area contributed by atoms with E-state index in [1.807, 2.05) is 25.1 Å². The molecule has 1 N–H and O–H groups in total. The van der Waals surface area contributed by atoms with Crippen molar-refractivity contribution in [1.29, 1.82) is 0 Å². The molecule has 6 atom stereocenters. The molecular weight excluding hydrogens is 740 g/mol. The average Bonchev–Trinajstić information content (AvgIpc) is 3.44. The second kappa shape index (κ2) is 15.2. The molecule has 1 saturated carbocycles. The van der Waals surface area contributed by atoms with Gasteiger partial charge in [0, 0.05) is 68.6 Å². The Labute approximate surface area is 328 Å². The van der Waals surface area contributed by atoms with Crippen LogP contribution in [-0.2, 0) is 33.5 Å². The summed E-state index contributed by atoms with van der Waals surface area (Å²) in [5.74, 6) is 0.154. The molecule has 2 bridgehead atoms. The molecule has 2 aromatic carbocycles. The predicted octanol–water partition coefficient (Wildman–Crippen LogP) is 5.83. The van der Waals surface area contributed by atoms with Gasteiger partial charge in [-0.2, -0.15) is 0 Å². The zero-order valence-electron chi connectivity index (χ0n) is 32.0. The molecule has 0 radical (unpaired) electrons. The van der Waals surface area contributed by atoms with E-state index in [-0.39, 0.29) is 46.2 Å². The second-order valence-electron chi connectivity index (χ2n) is 16.2. The number of benzene rings is 2. The van der Waals surface area contributed by atoms with Crippen molar-refractivity contribution < 1.29 is 28.0 Å². The maximum atomic E-state index is 14.7. The van der Waals surface area contributed by atoms with Crippen LogP contribution in [0, 0.1) is 17.8 Å². The lowest BCUT2D eigenvalue weighted by atomic mass is 9.67. The number of halogens is 1. The number of allylic oxidation sites excluding steroid dienone is 1. The van der Waals surface area contributed by atoms with Crippen LogP contribution in [0.15, 0.2) is 59.1 Å². The first kappa shape index (κ1) is 38.0. The van der Waals surface area contributed by atoms with E-state index in [9.17, 15) is 13.8 Å². The average molecular weight is 791 g/mol. The first-order valence-electron chi connectivity index (χ1n) is 19.4. The van der Waals surface area contributed by atoms with Crippen molar-refractivity contribution in [3.63, 3.8) is 0 Å². The number of fused-ring (bicyclic) bond motifs is 4. The van der Waals surface area contributed by atoms with Crippen molar-refractivity contribution in [2.45, 2.75) is 63.0 Å². The molecule has 1 spiro atoms. The number of aromatic nitrogens is 2. The number of carbonyl (C=O) groups excluding carboxylic acids is 2. The van der Waals surface area contributed by atoms with Crippen molar-refractivity contribution in [2.75, 3.05) is 57.7 Å². The van der Waals surface area contributed by atoms with Gasteiger partial charge in [0.15, 0.2) is 0 Å². The molecule has 294 valence electrons. The number of amides is 2. The maximum Gasteiger partial charge on any atom is 0.286 e. The first-order chi connectivity index (χ1) is 26.5. The number of rotatable bonds is 5. The van der Waals surface area contributed by atoms with Gasteiger partial charge in [-0.15, -0.1) is 9.46 Å². The van der Waals surface area contributed by atoms with Crippen LogP contribution < -0.4 is 19.1 Å². The van der Waals surface area contributed by atoms with Crippen LogP contribution in [0.2, 0.25) is 5.02 Å². The zero-order chi connectivity index (χ0) is 38.5. The third-order valence-electron chi connectivity index (χ3n) is 12.4. The van der Waals surface area contributed by atoms with Gasteiger partial charge in [-0.25, -0.2) is 4.21 Å². The van der Waals surface area contributed by atoms with E-state index in [2.05, 4.69) is 48.3 Å². The van der Waals surface area contributed by atoms with Crippen LogP contribution in [0.4, 0.5) is 5.69 Å². The van der Waals surface area contributed by atoms with Gasteiger partial charge >= 0.3 is 0 Å². The number of nitrogens with zero attached hydrogens (tertiary/aromatic N) is 5. The molecule has 1 saturated heterocycles. The molecule has 2 aliphatic carbocycles. The van der Waals surface area contributed by atoms with Crippen molar-refractivity contribution in [2.24, 2.45) is 29.2 Å². The van der Waals surface area contributed by atoms with Crippen LogP contribution >= 0.6 is 11.6 Å². The number of anilines is 1. The zero-order valence-corrected chi connectivity index (χ0v) is 33.6. The number of ether oxygens (including phenoxy) is 3. The predicted molar refractivity (Wildman–Crippen MR) is 213 cm³/mol. The smallest absolute Gasteiger partial charge is 0.286 e. The van der Waals surface area contributed by atoms with Crippen LogP contribution in [0.25, 0.3) is 0 Å². The minimum Gasteiger partial charge on any atom is -0.490 e. The highest BCUT2D eigenvalue weighted by Gasteiger charge is 2.46. The molecule has 1 aromatic heterocycles. The number of hydrogen-bond acceptors (Lipinski definition) is 9. The lowest BCUT2D eigenvalue weighted by Crippen LogP contribution is -2.60. The van der Waals surface area contributed by atoms with Crippen molar-refractivity contribution in [3.8, 4) is 11.6 Å². The summed E-state index contributed by atoms with van der Waals surface area (Å²) in [5.41, 5.74) is 3.50. The Morgan fingerprint density at radius 3 is 2.73 bits per heavy atom. The fourth-order valence-electron chi connectivity index (χ4n) is 9.37. The second-order valence-corrected chi connectivity index (χ2v) is 18.7. The number of likely N-dealkylation sites (tertiary alicyclic amines) is 1. The van der Waals surface area contributed by atoms with Gasteiger partial charge in [0.05, 0.1) is 31.3 Å². The van der Waals surface area contributed by atoms with Crippen LogP contribution in [-0.4, -0.2) is 95.6 Å². The SMILES string of the molecule is COc1nn(C)cc1C(=O)NS1(=O)=NC(=O)c2ccc3c(c2)N(C[C@@H]2CC[C@H]2[C@@H](N2CC(OC)C2)/C=C/C[C@H](C)C1)C[C@@]1(CCCc2cc(Cl)ccc21)CO3. The molecule has 2 amide bonds. The molecule has 14 heteroatoms. The lowest BCUT2D eigenvalue weighted by Gasteiger charge is -2.52. The highest BCUT2D eigenvalue weighted by atomic mass is 35.5. The van der Waals surface area contributed by atoms with E-state index in [0.717, 1.165) is 69.0 Å². The monoisotopic (exact) mass is 790 g/mol. The summed E-state index contributed by atoms with van der Waals surface area (Å²) in [4.78, 5) is 32.7. The Hall–Kier alpha value is -3.91. The minimum absolute atomic E-state index is 0.0182. The van der Waals surface area contributed by atoms with Gasteiger partial charge in [-0.1, -0.05) is 36.7 Å². The molecule has 5 aliphatic rings. The summed E-state index contributed by atoms with van der Waals surface area (Å²) in [6.45, 7) is 5.77. The number of nitrogens with one attached hydrogen (secondary N) is 1. The Bertz CT molecular complexity index is 2120. The Balaban J connectivity index is 1.20. The number of methoxy groups -OCH3 is 2. The largest absolute Gasteiger partial charge is 0.490 e. The van der Waals surface area contributed by atoms with Gasteiger partial charge < -0.3 is 19.1 Å². The van der Waals surface area contributed by atoms with Crippen LogP contribution in [0.5, 0.6) is 11.6 Å². The van der Waals surface area contributed by atoms with Gasteiger partial charge in [0.25, 0.3) is 11.8 Å². The topological polar surface area (TPSA) is 128 Å². The molecule has 4 heterocycles. The fourth-order valence-corrected chi connectivity index (χ4v) is 11.4. The van der Waals surface area contributed by atoms with Crippen LogP contribution in [0.1, 0.15) is 70.9 Å². The van der Waals surface area contributed by atoms with Gasteiger partial charge in [-0.05, 0) is 97.7 Å². The summed E-state index contributed by atoms with van der Waals surface area (Å²) < 4.78 is 40.9. The van der Waals surface area contributed by atoms with E-state index in [0.29, 0.717) is 30.6 Å².